The molecule has 0 saturated heterocycles. The van der Waals surface area contributed by atoms with E-state index in [1.54, 1.807) is 0 Å². The second-order valence-corrected chi connectivity index (χ2v) is 4.92. The highest BCUT2D eigenvalue weighted by molar-refractivity contribution is 7.09. The second-order valence-electron chi connectivity index (χ2n) is 3.89. The summed E-state index contributed by atoms with van der Waals surface area (Å²) in [7, 11) is 2.12. The average Bonchev–Trinajstić information content (AvgIpc) is 2.69. The van der Waals surface area contributed by atoms with E-state index in [0.29, 0.717) is 0 Å². The van der Waals surface area contributed by atoms with E-state index >= 15 is 0 Å². The van der Waals surface area contributed by atoms with Crippen molar-refractivity contribution >= 4 is 11.3 Å². The molecule has 0 radical (unpaired) electrons. The van der Waals surface area contributed by atoms with Gasteiger partial charge in [0.25, 0.3) is 0 Å². The van der Waals surface area contributed by atoms with Crippen molar-refractivity contribution in [2.24, 2.45) is 7.05 Å². The summed E-state index contributed by atoms with van der Waals surface area (Å²) in [5.74, 6) is 0. The van der Waals surface area contributed by atoms with Crippen molar-refractivity contribution in [1.82, 2.24) is 0 Å². The first-order chi connectivity index (χ1) is 7.25. The van der Waals surface area contributed by atoms with Gasteiger partial charge < -0.3 is 0 Å². The molecule has 1 nitrogen and oxygen atoms in total. The summed E-state index contributed by atoms with van der Waals surface area (Å²) >= 11 is 1.84. The fraction of sp³-hybridized carbons (Fsp3) is 0.308. The summed E-state index contributed by atoms with van der Waals surface area (Å²) in [4.78, 5) is 1.47. The van der Waals surface area contributed by atoms with Crippen LogP contribution in [0.4, 0.5) is 0 Å². The third kappa shape index (κ3) is 2.66. The van der Waals surface area contributed by atoms with Crippen molar-refractivity contribution in [1.29, 1.82) is 0 Å². The van der Waals surface area contributed by atoms with Gasteiger partial charge in [0, 0.05) is 22.9 Å². The molecule has 0 fully saturated rings. The van der Waals surface area contributed by atoms with Gasteiger partial charge in [0.15, 0.2) is 11.9 Å². The Kier molecular flexibility index (Phi) is 3.17. The molecule has 0 spiro atoms. The second kappa shape index (κ2) is 4.58. The molecule has 2 heterocycles. The van der Waals surface area contributed by atoms with Gasteiger partial charge in [-0.25, -0.2) is 4.57 Å². The number of rotatable bonds is 3. The molecule has 2 aromatic rings. The van der Waals surface area contributed by atoms with Gasteiger partial charge in [0.2, 0.25) is 0 Å². The monoisotopic (exact) mass is 218 g/mol. The zero-order valence-electron chi connectivity index (χ0n) is 9.23. The predicted octanol–water partition coefficient (Wildman–Crippen LogP) is 2.67. The van der Waals surface area contributed by atoms with Crippen LogP contribution in [0, 0.1) is 6.92 Å². The zero-order chi connectivity index (χ0) is 10.7. The number of thiophene rings is 1. The molecule has 0 aliphatic heterocycles. The van der Waals surface area contributed by atoms with Crippen LogP contribution in [0.5, 0.6) is 0 Å². The van der Waals surface area contributed by atoms with Gasteiger partial charge >= 0.3 is 0 Å². The van der Waals surface area contributed by atoms with Crippen LogP contribution in [0.25, 0.3) is 0 Å². The zero-order valence-corrected chi connectivity index (χ0v) is 10.1. The Hall–Kier alpha value is -1.15. The van der Waals surface area contributed by atoms with E-state index in [9.17, 15) is 0 Å². The quantitative estimate of drug-likeness (QED) is 0.697. The summed E-state index contributed by atoms with van der Waals surface area (Å²) in [5.41, 5.74) is 2.71. The van der Waals surface area contributed by atoms with Gasteiger partial charge in [-0.05, 0) is 30.9 Å². The van der Waals surface area contributed by atoms with Crippen molar-refractivity contribution in [3.8, 4) is 0 Å². The number of hydrogen-bond acceptors (Lipinski definition) is 1. The lowest BCUT2D eigenvalue weighted by atomic mass is 10.1. The van der Waals surface area contributed by atoms with Crippen LogP contribution < -0.4 is 4.57 Å². The van der Waals surface area contributed by atoms with Gasteiger partial charge in [-0.2, -0.15) is 0 Å². The SMILES string of the molecule is Cc1ccc(CCc2cccs2)[n+](C)c1. The Bertz CT molecular complexity index is 432. The number of aromatic nitrogens is 1. The van der Waals surface area contributed by atoms with Gasteiger partial charge in [-0.1, -0.05) is 6.07 Å². The molecule has 0 aromatic carbocycles. The third-order valence-corrected chi connectivity index (χ3v) is 3.53. The average molecular weight is 218 g/mol. The molecular weight excluding hydrogens is 202 g/mol. The van der Waals surface area contributed by atoms with Gasteiger partial charge in [0.05, 0.1) is 0 Å². The molecule has 15 heavy (non-hydrogen) atoms. The van der Waals surface area contributed by atoms with E-state index in [1.165, 1.54) is 16.1 Å². The van der Waals surface area contributed by atoms with Crippen LogP contribution in [-0.2, 0) is 19.9 Å². The fourth-order valence-electron chi connectivity index (χ4n) is 1.74. The van der Waals surface area contributed by atoms with Gasteiger partial charge in [0.1, 0.15) is 7.05 Å². The molecule has 2 aromatic heterocycles. The highest BCUT2D eigenvalue weighted by atomic mass is 32.1. The van der Waals surface area contributed by atoms with Crippen molar-refractivity contribution in [2.45, 2.75) is 19.8 Å². The molecule has 0 unspecified atom stereocenters. The first-order valence-electron chi connectivity index (χ1n) is 5.23. The largest absolute Gasteiger partial charge is 0.205 e. The van der Waals surface area contributed by atoms with Crippen molar-refractivity contribution in [3.05, 3.63) is 52.0 Å². The normalized spacial score (nSPS) is 10.5. The lowest BCUT2D eigenvalue weighted by Gasteiger charge is -1.99. The van der Waals surface area contributed by atoms with Crippen LogP contribution in [0.2, 0.25) is 0 Å². The Morgan fingerprint density at radius 1 is 1.20 bits per heavy atom. The highest BCUT2D eigenvalue weighted by Gasteiger charge is 2.06. The van der Waals surface area contributed by atoms with Gasteiger partial charge in [-0.15, -0.1) is 11.3 Å². The first-order valence-corrected chi connectivity index (χ1v) is 6.11. The summed E-state index contributed by atoms with van der Waals surface area (Å²) in [5, 5.41) is 2.14. The Labute approximate surface area is 95.0 Å². The van der Waals surface area contributed by atoms with E-state index in [2.05, 4.69) is 54.4 Å². The molecule has 78 valence electrons. The maximum atomic E-state index is 2.23. The maximum absolute atomic E-state index is 2.23. The smallest absolute Gasteiger partial charge is 0.181 e. The lowest BCUT2D eigenvalue weighted by Crippen LogP contribution is -2.33. The van der Waals surface area contributed by atoms with E-state index in [-0.39, 0.29) is 0 Å². The standard InChI is InChI=1S/C13H16NS/c1-11-5-6-12(14(2)10-11)7-8-13-4-3-9-15-13/h3-6,9-10H,7-8H2,1-2H3/q+1. The molecule has 0 N–H and O–H groups in total. The third-order valence-electron chi connectivity index (χ3n) is 2.60. The number of pyridine rings is 1. The fourth-order valence-corrected chi connectivity index (χ4v) is 2.45. The number of hydrogen-bond donors (Lipinski definition) is 0. The Morgan fingerprint density at radius 3 is 2.73 bits per heavy atom. The maximum Gasteiger partial charge on any atom is 0.181 e. The molecule has 0 bridgehead atoms. The van der Waals surface area contributed by atoms with Crippen LogP contribution in [0.1, 0.15) is 16.1 Å². The Balaban J connectivity index is 2.05. The molecule has 2 heteroatoms. The predicted molar refractivity (Wildman–Crippen MR) is 64.1 cm³/mol. The topological polar surface area (TPSA) is 3.88 Å². The Morgan fingerprint density at radius 2 is 2.07 bits per heavy atom. The lowest BCUT2D eigenvalue weighted by molar-refractivity contribution is -0.679. The van der Waals surface area contributed by atoms with Crippen LogP contribution in [0.15, 0.2) is 35.8 Å². The minimum absolute atomic E-state index is 1.12. The minimum Gasteiger partial charge on any atom is -0.205 e. The molecular formula is C13H16NS+. The summed E-state index contributed by atoms with van der Waals surface area (Å²) in [6, 6.07) is 8.74. The summed E-state index contributed by atoms with van der Waals surface area (Å²) in [6.45, 7) is 2.13. The molecule has 2 rings (SSSR count). The number of nitrogens with zero attached hydrogens (tertiary/aromatic N) is 1. The number of aryl methyl sites for hydroxylation is 4. The van der Waals surface area contributed by atoms with Crippen molar-refractivity contribution < 1.29 is 4.57 Å². The van der Waals surface area contributed by atoms with E-state index < -0.39 is 0 Å². The van der Waals surface area contributed by atoms with Gasteiger partial charge in [-0.3, -0.25) is 0 Å². The molecule has 0 saturated carbocycles. The molecule has 0 atom stereocenters. The first kappa shape index (κ1) is 10.4. The summed E-state index contributed by atoms with van der Waals surface area (Å²) < 4.78 is 2.23. The molecule has 0 amide bonds. The highest BCUT2D eigenvalue weighted by Crippen LogP contribution is 2.11. The molecule has 0 aliphatic carbocycles. The van der Waals surface area contributed by atoms with Crippen molar-refractivity contribution in [3.63, 3.8) is 0 Å². The summed E-state index contributed by atoms with van der Waals surface area (Å²) in [6.07, 6.45) is 4.45. The van der Waals surface area contributed by atoms with Crippen molar-refractivity contribution in [2.75, 3.05) is 0 Å². The van der Waals surface area contributed by atoms with Crippen LogP contribution in [-0.4, -0.2) is 0 Å². The molecule has 0 aliphatic rings. The minimum atomic E-state index is 1.12. The van der Waals surface area contributed by atoms with E-state index in [1.807, 2.05) is 11.3 Å². The van der Waals surface area contributed by atoms with Crippen LogP contribution in [0.3, 0.4) is 0 Å². The van der Waals surface area contributed by atoms with Crippen LogP contribution >= 0.6 is 11.3 Å². The van der Waals surface area contributed by atoms with E-state index in [4.69, 9.17) is 0 Å². The van der Waals surface area contributed by atoms with E-state index in [0.717, 1.165) is 12.8 Å².